The molecule has 100 valence electrons. The lowest BCUT2D eigenvalue weighted by Gasteiger charge is -2.23. The molecule has 0 aromatic carbocycles. The number of piperidine rings is 1. The van der Waals surface area contributed by atoms with E-state index in [1.54, 1.807) is 0 Å². The summed E-state index contributed by atoms with van der Waals surface area (Å²) in [6.45, 7) is 4.33. The number of rotatable bonds is 4. The molecular weight excluding hydrogens is 238 g/mol. The summed E-state index contributed by atoms with van der Waals surface area (Å²) in [6.07, 6.45) is 2.57. The molecule has 0 bridgehead atoms. The summed E-state index contributed by atoms with van der Waals surface area (Å²) in [4.78, 5) is 2.25. The number of hydrogen-bond acceptors (Lipinski definition) is 4. The fourth-order valence-electron chi connectivity index (χ4n) is 2.65. The molecule has 2 aliphatic rings. The maximum Gasteiger partial charge on any atom is 0.214 e. The molecule has 0 saturated carbocycles. The Kier molecular flexibility index (Phi) is 4.41. The van der Waals surface area contributed by atoms with Crippen LogP contribution in [0.3, 0.4) is 0 Å². The maximum atomic E-state index is 12.1. The second-order valence-corrected chi connectivity index (χ2v) is 7.31. The van der Waals surface area contributed by atoms with Crippen molar-refractivity contribution < 1.29 is 8.42 Å². The van der Waals surface area contributed by atoms with Gasteiger partial charge in [0.2, 0.25) is 10.0 Å². The van der Waals surface area contributed by atoms with Crippen molar-refractivity contribution in [3.63, 3.8) is 0 Å². The highest BCUT2D eigenvalue weighted by atomic mass is 32.2. The molecule has 0 spiro atoms. The first-order valence-electron chi connectivity index (χ1n) is 6.45. The predicted molar refractivity (Wildman–Crippen MR) is 68.4 cm³/mol. The molecule has 0 aromatic rings. The van der Waals surface area contributed by atoms with Crippen molar-refractivity contribution in [2.75, 3.05) is 39.8 Å². The molecular formula is C11H23N3O2S. The normalized spacial score (nSPS) is 28.6. The van der Waals surface area contributed by atoms with Gasteiger partial charge in [0.05, 0.1) is 5.25 Å². The number of nitrogens with zero attached hydrogens (tertiary/aromatic N) is 1. The van der Waals surface area contributed by atoms with Crippen LogP contribution in [-0.4, -0.2) is 58.3 Å². The number of sulfonamides is 1. The molecule has 1 atom stereocenters. The first kappa shape index (κ1) is 13.3. The minimum absolute atomic E-state index is 0.192. The van der Waals surface area contributed by atoms with Crippen molar-refractivity contribution >= 4 is 10.0 Å². The van der Waals surface area contributed by atoms with Crippen molar-refractivity contribution in [1.29, 1.82) is 0 Å². The Bertz CT molecular complexity index is 339. The van der Waals surface area contributed by atoms with E-state index in [0.29, 0.717) is 12.5 Å². The van der Waals surface area contributed by atoms with Crippen LogP contribution >= 0.6 is 0 Å². The summed E-state index contributed by atoms with van der Waals surface area (Å²) in [5.74, 6) is 0.483. The van der Waals surface area contributed by atoms with Crippen LogP contribution in [0.2, 0.25) is 0 Å². The zero-order chi connectivity index (χ0) is 12.3. The van der Waals surface area contributed by atoms with Crippen LogP contribution in [0.25, 0.3) is 0 Å². The quantitative estimate of drug-likeness (QED) is 0.723. The van der Waals surface area contributed by atoms with E-state index in [4.69, 9.17) is 0 Å². The highest BCUT2D eigenvalue weighted by Gasteiger charge is 2.28. The average Bonchev–Trinajstić information content (AvgIpc) is 2.74. The molecule has 2 rings (SSSR count). The van der Waals surface area contributed by atoms with Crippen molar-refractivity contribution in [1.82, 2.24) is 14.9 Å². The molecule has 0 aromatic heterocycles. The van der Waals surface area contributed by atoms with Gasteiger partial charge in [-0.1, -0.05) is 0 Å². The Balaban J connectivity index is 1.80. The van der Waals surface area contributed by atoms with E-state index < -0.39 is 10.0 Å². The van der Waals surface area contributed by atoms with Gasteiger partial charge in [-0.15, -0.1) is 0 Å². The zero-order valence-electron chi connectivity index (χ0n) is 10.5. The van der Waals surface area contributed by atoms with Crippen LogP contribution in [0.4, 0.5) is 0 Å². The predicted octanol–water partition coefficient (Wildman–Crippen LogP) is -0.390. The second kappa shape index (κ2) is 5.65. The molecule has 2 heterocycles. The molecule has 2 saturated heterocycles. The van der Waals surface area contributed by atoms with Gasteiger partial charge in [-0.2, -0.15) is 0 Å². The van der Waals surface area contributed by atoms with E-state index in [1.165, 1.54) is 0 Å². The molecule has 1 unspecified atom stereocenters. The van der Waals surface area contributed by atoms with Gasteiger partial charge in [0.25, 0.3) is 0 Å². The summed E-state index contributed by atoms with van der Waals surface area (Å²) in [5.41, 5.74) is 0. The molecule has 2 N–H and O–H groups in total. The van der Waals surface area contributed by atoms with E-state index in [-0.39, 0.29) is 5.25 Å². The van der Waals surface area contributed by atoms with Crippen molar-refractivity contribution in [2.45, 2.75) is 24.5 Å². The lowest BCUT2D eigenvalue weighted by molar-refractivity contribution is 0.393. The van der Waals surface area contributed by atoms with Gasteiger partial charge in [0, 0.05) is 13.1 Å². The Morgan fingerprint density at radius 3 is 2.59 bits per heavy atom. The minimum Gasteiger partial charge on any atom is -0.317 e. The molecule has 2 aliphatic heterocycles. The highest BCUT2D eigenvalue weighted by molar-refractivity contribution is 7.90. The molecule has 2 fully saturated rings. The standard InChI is InChI=1S/C11H23N3O2S/c1-14-7-4-10(9-14)8-13-17(15,16)11-2-5-12-6-3-11/h10-13H,2-9H2,1H3. The third kappa shape index (κ3) is 3.64. The monoisotopic (exact) mass is 261 g/mol. The summed E-state index contributed by atoms with van der Waals surface area (Å²) in [6, 6.07) is 0. The topological polar surface area (TPSA) is 61.4 Å². The van der Waals surface area contributed by atoms with Crippen LogP contribution in [0.1, 0.15) is 19.3 Å². The smallest absolute Gasteiger partial charge is 0.214 e. The Morgan fingerprint density at radius 2 is 2.00 bits per heavy atom. The van der Waals surface area contributed by atoms with Crippen LogP contribution in [0.5, 0.6) is 0 Å². The lowest BCUT2D eigenvalue weighted by Crippen LogP contribution is -2.43. The molecule has 0 aliphatic carbocycles. The fourth-order valence-corrected chi connectivity index (χ4v) is 4.21. The van der Waals surface area contributed by atoms with Crippen molar-refractivity contribution in [3.05, 3.63) is 0 Å². The average molecular weight is 261 g/mol. The van der Waals surface area contributed by atoms with Gasteiger partial charge in [-0.3, -0.25) is 0 Å². The summed E-state index contributed by atoms with van der Waals surface area (Å²) >= 11 is 0. The number of hydrogen-bond donors (Lipinski definition) is 2. The van der Waals surface area contributed by atoms with Gasteiger partial charge in [0.15, 0.2) is 0 Å². The van der Waals surface area contributed by atoms with Gasteiger partial charge >= 0.3 is 0 Å². The minimum atomic E-state index is -3.10. The van der Waals surface area contributed by atoms with E-state index in [9.17, 15) is 8.42 Å². The summed E-state index contributed by atoms with van der Waals surface area (Å²) in [5, 5.41) is 3.00. The van der Waals surface area contributed by atoms with Gasteiger partial charge in [0.1, 0.15) is 0 Å². The van der Waals surface area contributed by atoms with Gasteiger partial charge in [-0.05, 0) is 51.9 Å². The van der Waals surface area contributed by atoms with Crippen molar-refractivity contribution in [3.8, 4) is 0 Å². The molecule has 0 radical (unpaired) electrons. The number of nitrogens with one attached hydrogen (secondary N) is 2. The van der Waals surface area contributed by atoms with E-state index in [1.807, 2.05) is 0 Å². The molecule has 6 heteroatoms. The lowest BCUT2D eigenvalue weighted by atomic mass is 10.1. The molecule has 5 nitrogen and oxygen atoms in total. The first-order chi connectivity index (χ1) is 8.08. The summed E-state index contributed by atoms with van der Waals surface area (Å²) in [7, 11) is -1.01. The highest BCUT2D eigenvalue weighted by Crippen LogP contribution is 2.16. The number of likely N-dealkylation sites (tertiary alicyclic amines) is 1. The van der Waals surface area contributed by atoms with E-state index >= 15 is 0 Å². The van der Waals surface area contributed by atoms with Crippen LogP contribution in [0.15, 0.2) is 0 Å². The van der Waals surface area contributed by atoms with Gasteiger partial charge in [-0.25, -0.2) is 13.1 Å². The largest absolute Gasteiger partial charge is 0.317 e. The molecule has 17 heavy (non-hydrogen) atoms. The van der Waals surface area contributed by atoms with Crippen LogP contribution in [0, 0.1) is 5.92 Å². The molecule has 0 amide bonds. The summed E-state index contributed by atoms with van der Waals surface area (Å²) < 4.78 is 27.0. The Hall–Kier alpha value is -0.170. The fraction of sp³-hybridized carbons (Fsp3) is 1.00. The zero-order valence-corrected chi connectivity index (χ0v) is 11.3. The van der Waals surface area contributed by atoms with Gasteiger partial charge < -0.3 is 10.2 Å². The first-order valence-corrected chi connectivity index (χ1v) is 8.00. The third-order valence-corrected chi connectivity index (χ3v) is 5.71. The van der Waals surface area contributed by atoms with E-state index in [2.05, 4.69) is 22.0 Å². The Labute approximate surface area is 104 Å². The maximum absolute atomic E-state index is 12.1. The van der Waals surface area contributed by atoms with E-state index in [0.717, 1.165) is 45.4 Å². The Morgan fingerprint density at radius 1 is 1.29 bits per heavy atom. The van der Waals surface area contributed by atoms with Crippen LogP contribution in [-0.2, 0) is 10.0 Å². The third-order valence-electron chi connectivity index (χ3n) is 3.79. The van der Waals surface area contributed by atoms with Crippen molar-refractivity contribution in [2.24, 2.45) is 5.92 Å². The second-order valence-electron chi connectivity index (χ2n) is 5.26. The van der Waals surface area contributed by atoms with Crippen LogP contribution < -0.4 is 10.0 Å². The SMILES string of the molecule is CN1CCC(CNS(=O)(=O)C2CCNCC2)C1.